The minimum atomic E-state index is -3.62. The first-order valence-corrected chi connectivity index (χ1v) is 12.5. The Morgan fingerprint density at radius 3 is 2.43 bits per heavy atom. The Hall–Kier alpha value is -1.93. The van der Waals surface area contributed by atoms with Crippen LogP contribution in [-0.4, -0.2) is 55.6 Å². The molecule has 1 aromatic rings. The first kappa shape index (κ1) is 22.7. The van der Waals surface area contributed by atoms with Crippen LogP contribution in [0.1, 0.15) is 57.9 Å². The fraction of sp³-hybridized carbons (Fsp3) is 0.636. The van der Waals surface area contributed by atoms with E-state index >= 15 is 0 Å². The van der Waals surface area contributed by atoms with E-state index in [1.54, 1.807) is 18.2 Å². The quantitative estimate of drug-likeness (QED) is 0.713. The molecule has 7 nitrogen and oxygen atoms in total. The number of carbonyl (C=O) groups is 2. The second-order valence-electron chi connectivity index (χ2n) is 8.22. The molecular weight excluding hydrogens is 402 g/mol. The van der Waals surface area contributed by atoms with Gasteiger partial charge in [-0.3, -0.25) is 9.59 Å². The fourth-order valence-corrected chi connectivity index (χ4v) is 5.85. The summed E-state index contributed by atoms with van der Waals surface area (Å²) in [6.07, 6.45) is 4.81. The first-order valence-electron chi connectivity index (χ1n) is 11.1. The first-order chi connectivity index (χ1) is 14.4. The van der Waals surface area contributed by atoms with E-state index < -0.39 is 10.0 Å². The van der Waals surface area contributed by atoms with Gasteiger partial charge in [0.05, 0.1) is 4.90 Å². The largest absolute Gasteiger partial charge is 0.342 e. The molecule has 30 heavy (non-hydrogen) atoms. The molecule has 1 fully saturated rings. The van der Waals surface area contributed by atoms with Gasteiger partial charge in [0, 0.05) is 44.2 Å². The second kappa shape index (κ2) is 9.92. The molecular formula is C22H33N3O4S. The fourth-order valence-electron chi connectivity index (χ4n) is 4.33. The van der Waals surface area contributed by atoms with Crippen molar-refractivity contribution >= 4 is 27.5 Å². The van der Waals surface area contributed by atoms with Crippen molar-refractivity contribution in [1.29, 1.82) is 0 Å². The van der Waals surface area contributed by atoms with Crippen LogP contribution in [-0.2, 0) is 26.0 Å². The number of fused-ring (bicyclic) bond motifs is 1. The molecule has 3 rings (SSSR count). The summed E-state index contributed by atoms with van der Waals surface area (Å²) in [6.45, 7) is 6.37. The molecule has 2 aliphatic heterocycles. The van der Waals surface area contributed by atoms with Gasteiger partial charge in [-0.1, -0.05) is 13.8 Å². The Bertz CT molecular complexity index is 870. The van der Waals surface area contributed by atoms with E-state index in [1.807, 2.05) is 4.90 Å². The number of aryl methyl sites for hydroxylation is 1. The third-order valence-electron chi connectivity index (χ3n) is 5.94. The maximum Gasteiger partial charge on any atom is 0.243 e. The molecule has 0 unspecified atom stereocenters. The molecule has 2 heterocycles. The van der Waals surface area contributed by atoms with Crippen LogP contribution in [0.5, 0.6) is 0 Å². The van der Waals surface area contributed by atoms with Crippen molar-refractivity contribution in [2.75, 3.05) is 31.5 Å². The maximum atomic E-state index is 13.2. The van der Waals surface area contributed by atoms with Gasteiger partial charge in [-0.05, 0) is 62.3 Å². The van der Waals surface area contributed by atoms with Crippen molar-refractivity contribution in [3.05, 3.63) is 23.8 Å². The highest BCUT2D eigenvalue weighted by molar-refractivity contribution is 7.89. The maximum absolute atomic E-state index is 13.2. The van der Waals surface area contributed by atoms with Crippen molar-refractivity contribution in [3.63, 3.8) is 0 Å². The SMILES string of the molecule is CCCN(CCC)C(=O)C1CCN(S(=O)(=O)c2ccc3c(c2)CCCC(=O)N3)CC1. The van der Waals surface area contributed by atoms with Crippen molar-refractivity contribution in [2.45, 2.75) is 63.7 Å². The average molecular weight is 436 g/mol. The van der Waals surface area contributed by atoms with Crippen LogP contribution in [0.3, 0.4) is 0 Å². The second-order valence-corrected chi connectivity index (χ2v) is 10.2. The van der Waals surface area contributed by atoms with Crippen LogP contribution in [0, 0.1) is 5.92 Å². The molecule has 0 aromatic heterocycles. The summed E-state index contributed by atoms with van der Waals surface area (Å²) in [5, 5.41) is 2.84. The molecule has 0 saturated carbocycles. The number of anilines is 1. The molecule has 8 heteroatoms. The number of hydrogen-bond acceptors (Lipinski definition) is 4. The Morgan fingerprint density at radius 2 is 1.80 bits per heavy atom. The molecule has 2 aliphatic rings. The zero-order chi connectivity index (χ0) is 21.7. The summed E-state index contributed by atoms with van der Waals surface area (Å²) in [7, 11) is -3.62. The summed E-state index contributed by atoms with van der Waals surface area (Å²) >= 11 is 0. The minimum Gasteiger partial charge on any atom is -0.342 e. The number of amides is 2. The zero-order valence-electron chi connectivity index (χ0n) is 18.0. The van der Waals surface area contributed by atoms with Crippen molar-refractivity contribution in [2.24, 2.45) is 5.92 Å². The standard InChI is InChI=1S/C22H33N3O4S/c1-3-12-24(13-4-2)22(27)17-10-14-25(15-11-17)30(28,29)19-8-9-20-18(16-19)6-5-7-21(26)23-20/h8-9,16-17H,3-7,10-15H2,1-2H3,(H,23,26). The molecule has 1 N–H and O–H groups in total. The number of sulfonamides is 1. The minimum absolute atomic E-state index is 0.0312. The third-order valence-corrected chi connectivity index (χ3v) is 7.84. The lowest BCUT2D eigenvalue weighted by molar-refractivity contribution is -0.136. The lowest BCUT2D eigenvalue weighted by Gasteiger charge is -2.33. The van der Waals surface area contributed by atoms with Gasteiger partial charge in [0.15, 0.2) is 0 Å². The Kier molecular flexibility index (Phi) is 7.52. The molecule has 0 bridgehead atoms. The van der Waals surface area contributed by atoms with E-state index in [9.17, 15) is 18.0 Å². The lowest BCUT2D eigenvalue weighted by atomic mass is 9.96. The highest BCUT2D eigenvalue weighted by atomic mass is 32.2. The number of hydrogen-bond donors (Lipinski definition) is 1. The normalized spacial score (nSPS) is 18.4. The number of benzene rings is 1. The number of nitrogens with zero attached hydrogens (tertiary/aromatic N) is 2. The Balaban J connectivity index is 1.68. The van der Waals surface area contributed by atoms with Crippen LogP contribution in [0.4, 0.5) is 5.69 Å². The van der Waals surface area contributed by atoms with Gasteiger partial charge in [0.1, 0.15) is 0 Å². The molecule has 0 radical (unpaired) electrons. The van der Waals surface area contributed by atoms with Gasteiger partial charge in [-0.25, -0.2) is 8.42 Å². The molecule has 0 spiro atoms. The van der Waals surface area contributed by atoms with E-state index in [0.717, 1.165) is 31.5 Å². The summed E-state index contributed by atoms with van der Waals surface area (Å²) < 4.78 is 27.9. The highest BCUT2D eigenvalue weighted by Gasteiger charge is 2.34. The van der Waals surface area contributed by atoms with Crippen LogP contribution in [0.25, 0.3) is 0 Å². The van der Waals surface area contributed by atoms with Gasteiger partial charge in [-0.2, -0.15) is 4.31 Å². The van der Waals surface area contributed by atoms with Crippen LogP contribution < -0.4 is 5.32 Å². The average Bonchev–Trinajstić information content (AvgIpc) is 2.93. The van der Waals surface area contributed by atoms with Crippen molar-refractivity contribution in [3.8, 4) is 0 Å². The number of rotatable bonds is 7. The van der Waals surface area contributed by atoms with E-state index in [1.165, 1.54) is 4.31 Å². The molecule has 2 amide bonds. The Morgan fingerprint density at radius 1 is 1.13 bits per heavy atom. The molecule has 166 valence electrons. The van der Waals surface area contributed by atoms with Gasteiger partial charge >= 0.3 is 0 Å². The van der Waals surface area contributed by atoms with Gasteiger partial charge in [-0.15, -0.1) is 0 Å². The predicted octanol–water partition coefficient (Wildman–Crippen LogP) is 3.01. The van der Waals surface area contributed by atoms with Gasteiger partial charge < -0.3 is 10.2 Å². The summed E-state index contributed by atoms with van der Waals surface area (Å²) in [4.78, 5) is 26.8. The van der Waals surface area contributed by atoms with Crippen LogP contribution in [0.15, 0.2) is 23.1 Å². The van der Waals surface area contributed by atoms with Crippen LogP contribution >= 0.6 is 0 Å². The molecule has 1 aromatic carbocycles. The number of piperidine rings is 1. The van der Waals surface area contributed by atoms with Gasteiger partial charge in [0.25, 0.3) is 0 Å². The van der Waals surface area contributed by atoms with E-state index in [-0.39, 0.29) is 22.6 Å². The van der Waals surface area contributed by atoms with E-state index in [2.05, 4.69) is 19.2 Å². The van der Waals surface area contributed by atoms with E-state index in [0.29, 0.717) is 50.9 Å². The molecule has 0 atom stereocenters. The van der Waals surface area contributed by atoms with Crippen LogP contribution in [0.2, 0.25) is 0 Å². The Labute approximate surface area is 179 Å². The van der Waals surface area contributed by atoms with E-state index in [4.69, 9.17) is 0 Å². The zero-order valence-corrected chi connectivity index (χ0v) is 18.8. The smallest absolute Gasteiger partial charge is 0.243 e. The molecule has 0 aliphatic carbocycles. The van der Waals surface area contributed by atoms with Gasteiger partial charge in [0.2, 0.25) is 21.8 Å². The third kappa shape index (κ3) is 5.03. The summed E-state index contributed by atoms with van der Waals surface area (Å²) in [6, 6.07) is 4.95. The topological polar surface area (TPSA) is 86.8 Å². The highest BCUT2D eigenvalue weighted by Crippen LogP contribution is 2.29. The number of nitrogens with one attached hydrogen (secondary N) is 1. The lowest BCUT2D eigenvalue weighted by Crippen LogP contribution is -2.44. The predicted molar refractivity (Wildman–Crippen MR) is 117 cm³/mol. The monoisotopic (exact) mass is 435 g/mol. The van der Waals surface area contributed by atoms with Crippen molar-refractivity contribution in [1.82, 2.24) is 9.21 Å². The molecule has 1 saturated heterocycles. The summed E-state index contributed by atoms with van der Waals surface area (Å²) in [5.41, 5.74) is 1.56. The summed E-state index contributed by atoms with van der Waals surface area (Å²) in [5.74, 6) is 0.0321. The number of carbonyl (C=O) groups excluding carboxylic acids is 2. The van der Waals surface area contributed by atoms with Crippen molar-refractivity contribution < 1.29 is 18.0 Å².